The minimum Gasteiger partial charge on any atom is -0.200 e. The number of rotatable bonds is 6. The summed E-state index contributed by atoms with van der Waals surface area (Å²) in [5.74, 6) is -36.3. The molecule has 134 valence electrons. The van der Waals surface area contributed by atoms with Crippen molar-refractivity contribution in [3.05, 3.63) is 0 Å². The van der Waals surface area contributed by atoms with Gasteiger partial charge in [-0.15, -0.1) is 9.24 Å². The van der Waals surface area contributed by atoms with Gasteiger partial charge in [0.15, 0.2) is 0 Å². The van der Waals surface area contributed by atoms with E-state index in [0.717, 1.165) is 0 Å². The molecule has 0 aromatic heterocycles. The quantitative estimate of drug-likeness (QED) is 0.450. The van der Waals surface area contributed by atoms with E-state index in [2.05, 4.69) is 0 Å². The van der Waals surface area contributed by atoms with Crippen LogP contribution in [0.25, 0.3) is 0 Å². The van der Waals surface area contributed by atoms with E-state index in [4.69, 9.17) is 0 Å². The van der Waals surface area contributed by atoms with Crippen molar-refractivity contribution in [3.63, 3.8) is 0 Å². The molecule has 22 heavy (non-hydrogen) atoms. The summed E-state index contributed by atoms with van der Waals surface area (Å²) >= 11 is 0. The molecule has 0 saturated heterocycles. The Balaban J connectivity index is 6.11. The van der Waals surface area contributed by atoms with Crippen molar-refractivity contribution in [1.82, 2.24) is 0 Å². The minimum atomic E-state index is -7.81. The average molecular weight is 380 g/mol. The van der Waals surface area contributed by atoms with Crippen molar-refractivity contribution >= 4 is 9.24 Å². The third-order valence-corrected chi connectivity index (χ3v) is 2.75. The molecule has 0 heterocycles. The highest BCUT2D eigenvalue weighted by atomic mass is 31.0. The SMILES string of the molecule is FC(F)(F)C(F)(F)C(F)(F)C(F)(F)C(F)(F)C(F)(F)CCP. The Bertz CT molecular complexity index is 395. The number of alkyl halides is 13. The van der Waals surface area contributed by atoms with Crippen LogP contribution in [0.1, 0.15) is 6.42 Å². The lowest BCUT2D eigenvalue weighted by atomic mass is 9.93. The van der Waals surface area contributed by atoms with Gasteiger partial charge in [-0.2, -0.15) is 57.1 Å². The fraction of sp³-hybridized carbons (Fsp3) is 1.00. The van der Waals surface area contributed by atoms with Crippen LogP contribution in [0.3, 0.4) is 0 Å². The van der Waals surface area contributed by atoms with Gasteiger partial charge in [0.05, 0.1) is 0 Å². The van der Waals surface area contributed by atoms with Crippen molar-refractivity contribution in [2.75, 3.05) is 6.16 Å². The molecule has 0 saturated carbocycles. The fourth-order valence-electron chi connectivity index (χ4n) is 1.14. The van der Waals surface area contributed by atoms with Crippen LogP contribution in [-0.2, 0) is 0 Å². The van der Waals surface area contributed by atoms with Gasteiger partial charge in [0.2, 0.25) is 0 Å². The Labute approximate surface area is 116 Å². The zero-order valence-corrected chi connectivity index (χ0v) is 11.1. The van der Waals surface area contributed by atoms with E-state index in [9.17, 15) is 57.1 Å². The summed E-state index contributed by atoms with van der Waals surface area (Å²) in [5.41, 5.74) is 0. The monoisotopic (exact) mass is 380 g/mol. The standard InChI is InChI=1S/C8H6F13P/c9-3(10,1-2-22)4(11,12)5(13,14)6(15,16)7(17,18)8(19,20)21/h1-2,22H2. The van der Waals surface area contributed by atoms with Crippen LogP contribution in [0.5, 0.6) is 0 Å². The zero-order valence-electron chi connectivity index (χ0n) is 9.91. The Morgan fingerprint density at radius 1 is 0.500 bits per heavy atom. The second-order valence-corrected chi connectivity index (χ2v) is 4.62. The molecule has 0 nitrogen and oxygen atoms in total. The molecule has 0 aromatic rings. The molecule has 0 radical (unpaired) electrons. The molecule has 0 aromatic carbocycles. The second-order valence-electron chi connectivity index (χ2n) is 4.04. The van der Waals surface area contributed by atoms with Gasteiger partial charge in [-0.1, -0.05) is 0 Å². The molecule has 0 rings (SSSR count). The van der Waals surface area contributed by atoms with E-state index in [1.165, 1.54) is 9.24 Å². The molecule has 0 bridgehead atoms. The Kier molecular flexibility index (Phi) is 5.43. The summed E-state index contributed by atoms with van der Waals surface area (Å²) < 4.78 is 162. The van der Waals surface area contributed by atoms with Gasteiger partial charge in [0.1, 0.15) is 0 Å². The van der Waals surface area contributed by atoms with Crippen LogP contribution >= 0.6 is 9.24 Å². The summed E-state index contributed by atoms with van der Waals surface area (Å²) in [5, 5.41) is 0. The molecule has 0 amide bonds. The van der Waals surface area contributed by atoms with Crippen LogP contribution in [0.2, 0.25) is 0 Å². The molecule has 0 aliphatic carbocycles. The van der Waals surface area contributed by atoms with Crippen LogP contribution < -0.4 is 0 Å². The predicted octanol–water partition coefficient (Wildman–Crippen LogP) is 4.99. The highest BCUT2D eigenvalue weighted by molar-refractivity contribution is 7.16. The highest BCUT2D eigenvalue weighted by Gasteiger charge is 2.90. The average Bonchev–Trinajstić information content (AvgIpc) is 2.26. The summed E-state index contributed by atoms with van der Waals surface area (Å²) in [7, 11) is 1.34. The first-order valence-electron chi connectivity index (χ1n) is 4.97. The van der Waals surface area contributed by atoms with Crippen LogP contribution in [0.4, 0.5) is 57.1 Å². The maximum atomic E-state index is 12.9. The summed E-state index contributed by atoms with van der Waals surface area (Å²) in [6.45, 7) is 0. The number of halogens is 13. The molecule has 0 spiro atoms. The lowest BCUT2D eigenvalue weighted by Gasteiger charge is -2.39. The normalized spacial score (nSPS) is 16.1. The zero-order chi connectivity index (χ0) is 18.4. The van der Waals surface area contributed by atoms with E-state index in [0.29, 0.717) is 0 Å². The van der Waals surface area contributed by atoms with Crippen molar-refractivity contribution in [2.24, 2.45) is 0 Å². The number of hydrogen-bond acceptors (Lipinski definition) is 0. The molecular weight excluding hydrogens is 374 g/mol. The molecular formula is C8H6F13P. The van der Waals surface area contributed by atoms with Crippen molar-refractivity contribution in [3.8, 4) is 0 Å². The Hall–Kier alpha value is -0.480. The van der Waals surface area contributed by atoms with Gasteiger partial charge in [0.25, 0.3) is 0 Å². The van der Waals surface area contributed by atoms with Gasteiger partial charge >= 0.3 is 35.8 Å². The summed E-state index contributed by atoms with van der Waals surface area (Å²) in [4.78, 5) is 0. The van der Waals surface area contributed by atoms with Gasteiger partial charge in [-0.05, 0) is 6.16 Å². The van der Waals surface area contributed by atoms with E-state index in [1.54, 1.807) is 0 Å². The third-order valence-electron chi connectivity index (χ3n) is 2.46. The molecule has 0 N–H and O–H groups in total. The summed E-state index contributed by atoms with van der Waals surface area (Å²) in [6.07, 6.45) is -10.6. The molecule has 1 unspecified atom stereocenters. The molecule has 1 atom stereocenters. The maximum absolute atomic E-state index is 12.9. The fourth-order valence-corrected chi connectivity index (χ4v) is 1.50. The first kappa shape index (κ1) is 21.5. The topological polar surface area (TPSA) is 0 Å². The van der Waals surface area contributed by atoms with Crippen LogP contribution in [0, 0.1) is 0 Å². The van der Waals surface area contributed by atoms with Gasteiger partial charge < -0.3 is 0 Å². The third kappa shape index (κ3) is 2.84. The van der Waals surface area contributed by atoms with Crippen molar-refractivity contribution in [2.45, 2.75) is 42.2 Å². The van der Waals surface area contributed by atoms with E-state index >= 15 is 0 Å². The smallest absolute Gasteiger partial charge is 0.200 e. The maximum Gasteiger partial charge on any atom is 0.460 e. The van der Waals surface area contributed by atoms with E-state index in [1.807, 2.05) is 0 Å². The molecule has 0 fully saturated rings. The van der Waals surface area contributed by atoms with Gasteiger partial charge in [-0.25, -0.2) is 0 Å². The molecule has 0 aliphatic heterocycles. The van der Waals surface area contributed by atoms with Crippen LogP contribution in [0.15, 0.2) is 0 Å². The lowest BCUT2D eigenvalue weighted by Crippen LogP contribution is -2.70. The highest BCUT2D eigenvalue weighted by Crippen LogP contribution is 2.60. The Morgan fingerprint density at radius 3 is 1.09 bits per heavy atom. The molecule has 14 heteroatoms. The summed E-state index contributed by atoms with van der Waals surface area (Å²) in [6, 6.07) is 0. The molecule has 0 aliphatic rings. The number of hydrogen-bond donors (Lipinski definition) is 0. The van der Waals surface area contributed by atoms with Crippen LogP contribution in [-0.4, -0.2) is 42.0 Å². The van der Waals surface area contributed by atoms with Crippen molar-refractivity contribution in [1.29, 1.82) is 0 Å². The van der Waals surface area contributed by atoms with E-state index in [-0.39, 0.29) is 0 Å². The largest absolute Gasteiger partial charge is 0.460 e. The first-order valence-corrected chi connectivity index (χ1v) is 5.79. The van der Waals surface area contributed by atoms with Crippen molar-refractivity contribution < 1.29 is 57.1 Å². The van der Waals surface area contributed by atoms with E-state index < -0.39 is 48.4 Å². The van der Waals surface area contributed by atoms with Gasteiger partial charge in [-0.3, -0.25) is 0 Å². The minimum absolute atomic E-state index is 1.04. The Morgan fingerprint density at radius 2 is 0.818 bits per heavy atom. The second kappa shape index (κ2) is 5.55. The lowest BCUT2D eigenvalue weighted by molar-refractivity contribution is -0.439. The van der Waals surface area contributed by atoms with Gasteiger partial charge in [0, 0.05) is 6.42 Å². The first-order chi connectivity index (χ1) is 9.31. The predicted molar refractivity (Wildman–Crippen MR) is 50.0 cm³/mol.